The number of esters is 1. The van der Waals surface area contributed by atoms with Crippen LogP contribution in [-0.4, -0.2) is 61.4 Å². The Morgan fingerprint density at radius 1 is 1.24 bits per heavy atom. The molecule has 2 heterocycles. The van der Waals surface area contributed by atoms with E-state index < -0.39 is 34.8 Å². The Bertz CT molecular complexity index is 1280. The molecule has 34 heavy (non-hydrogen) atoms. The molecule has 0 radical (unpaired) electrons. The Labute approximate surface area is 196 Å². The lowest BCUT2D eigenvalue weighted by Gasteiger charge is -2.16. The van der Waals surface area contributed by atoms with Crippen molar-refractivity contribution < 1.29 is 24.2 Å². The van der Waals surface area contributed by atoms with E-state index >= 15 is 0 Å². The van der Waals surface area contributed by atoms with Crippen LogP contribution in [0.1, 0.15) is 22.5 Å². The maximum atomic E-state index is 12.4. The van der Waals surface area contributed by atoms with E-state index in [-0.39, 0.29) is 35.6 Å². The molecule has 0 aliphatic heterocycles. The number of alkyl halides is 1. The first-order chi connectivity index (χ1) is 16.2. The number of carboxylic acids is 1. The molecule has 1 amide bonds. The van der Waals surface area contributed by atoms with E-state index in [0.29, 0.717) is 11.4 Å². The first-order valence-electron chi connectivity index (χ1n) is 9.79. The van der Waals surface area contributed by atoms with Crippen LogP contribution in [0.4, 0.5) is 11.6 Å². The second-order valence-electron chi connectivity index (χ2n) is 7.01. The van der Waals surface area contributed by atoms with Gasteiger partial charge in [0.15, 0.2) is 11.2 Å². The molecule has 0 spiro atoms. The molecule has 14 heteroatoms. The van der Waals surface area contributed by atoms with Gasteiger partial charge in [0.05, 0.1) is 25.5 Å². The van der Waals surface area contributed by atoms with Crippen molar-refractivity contribution in [3.8, 4) is 0 Å². The van der Waals surface area contributed by atoms with Gasteiger partial charge in [-0.15, -0.1) is 11.6 Å². The minimum Gasteiger partial charge on any atom is -0.480 e. The van der Waals surface area contributed by atoms with Crippen molar-refractivity contribution in [2.75, 3.05) is 18.2 Å². The fourth-order valence-electron chi connectivity index (χ4n) is 2.88. The molecule has 0 saturated heterocycles. The van der Waals surface area contributed by atoms with Crippen LogP contribution in [0, 0.1) is 0 Å². The lowest BCUT2D eigenvalue weighted by Crippen LogP contribution is -2.43. The lowest BCUT2D eigenvalue weighted by atomic mass is 10.1. The summed E-state index contributed by atoms with van der Waals surface area (Å²) in [5.41, 5.74) is 6.46. The predicted molar refractivity (Wildman–Crippen MR) is 121 cm³/mol. The first kappa shape index (κ1) is 24.4. The number of carbonyl (C=O) groups is 3. The zero-order chi connectivity index (χ0) is 24.8. The molecule has 13 nitrogen and oxygen atoms in total. The SMILES string of the molecule is COC(=O)C(Cl)C[C@H](NC(=O)c1ccc(NCc2cnc3nc(N)[nH]c(=O)c3n2)cc1)C(=O)O. The Morgan fingerprint density at radius 2 is 1.94 bits per heavy atom. The maximum Gasteiger partial charge on any atom is 0.326 e. The number of benzene rings is 1. The number of amides is 1. The van der Waals surface area contributed by atoms with E-state index in [1.807, 2.05) is 0 Å². The van der Waals surface area contributed by atoms with E-state index in [9.17, 15) is 24.3 Å². The van der Waals surface area contributed by atoms with E-state index in [2.05, 4.69) is 35.3 Å². The number of carbonyl (C=O) groups excluding carboxylic acids is 2. The summed E-state index contributed by atoms with van der Waals surface area (Å²) in [5.74, 6) is -2.84. The first-order valence-corrected chi connectivity index (χ1v) is 10.2. The molecule has 0 aliphatic carbocycles. The Kier molecular flexibility index (Phi) is 7.58. The molecule has 3 rings (SSSR count). The van der Waals surface area contributed by atoms with Crippen LogP contribution >= 0.6 is 11.6 Å². The third kappa shape index (κ3) is 5.95. The highest BCUT2D eigenvalue weighted by molar-refractivity contribution is 6.30. The van der Waals surface area contributed by atoms with Gasteiger partial charge in [0.25, 0.3) is 11.5 Å². The molecule has 178 valence electrons. The van der Waals surface area contributed by atoms with Crippen LogP contribution in [0.15, 0.2) is 35.3 Å². The quantitative estimate of drug-likeness (QED) is 0.204. The summed E-state index contributed by atoms with van der Waals surface area (Å²) >= 11 is 5.82. The van der Waals surface area contributed by atoms with Crippen LogP contribution in [0.2, 0.25) is 0 Å². The third-order valence-corrected chi connectivity index (χ3v) is 4.97. The van der Waals surface area contributed by atoms with Crippen LogP contribution in [0.3, 0.4) is 0 Å². The number of ether oxygens (including phenoxy) is 1. The highest BCUT2D eigenvalue weighted by atomic mass is 35.5. The summed E-state index contributed by atoms with van der Waals surface area (Å²) < 4.78 is 4.46. The number of methoxy groups -OCH3 is 1. The predicted octanol–water partition coefficient (Wildman–Crippen LogP) is 0.261. The highest BCUT2D eigenvalue weighted by Crippen LogP contribution is 2.13. The molecule has 0 aliphatic rings. The number of nitrogen functional groups attached to an aromatic ring is 1. The number of nitrogens with one attached hydrogen (secondary N) is 3. The van der Waals surface area contributed by atoms with Crippen LogP contribution in [-0.2, 0) is 20.9 Å². The summed E-state index contributed by atoms with van der Waals surface area (Å²) in [5, 5.41) is 13.5. The Balaban J connectivity index is 1.62. The van der Waals surface area contributed by atoms with E-state index in [1.54, 1.807) is 12.1 Å². The number of aromatic amines is 1. The molecule has 1 aromatic carbocycles. The van der Waals surface area contributed by atoms with E-state index in [4.69, 9.17) is 17.3 Å². The summed E-state index contributed by atoms with van der Waals surface area (Å²) in [6.07, 6.45) is 1.11. The largest absolute Gasteiger partial charge is 0.480 e. The summed E-state index contributed by atoms with van der Waals surface area (Å²) in [7, 11) is 1.13. The standard InChI is InChI=1S/C20H20ClN7O6/c1-34-19(33)12(21)6-13(18(31)32)26-16(29)9-2-4-10(5-3-9)23-7-11-8-24-15-14(25-11)17(30)28-20(22)27-15/h2-5,8,12-13,23H,6-7H2,1H3,(H,26,29)(H,31,32)(H3,22,24,27,28,30)/t12?,13-/m0/s1. The number of aliphatic carboxylic acids is 1. The molecule has 0 fully saturated rings. The molecule has 0 saturated carbocycles. The van der Waals surface area contributed by atoms with Crippen molar-refractivity contribution in [1.29, 1.82) is 0 Å². The Morgan fingerprint density at radius 3 is 2.59 bits per heavy atom. The zero-order valence-corrected chi connectivity index (χ0v) is 18.5. The van der Waals surface area contributed by atoms with Gasteiger partial charge in [-0.05, 0) is 24.3 Å². The number of hydrogen-bond donors (Lipinski definition) is 5. The van der Waals surface area contributed by atoms with Crippen LogP contribution in [0.25, 0.3) is 11.2 Å². The lowest BCUT2D eigenvalue weighted by molar-refractivity contribution is -0.141. The molecular weight excluding hydrogens is 470 g/mol. The molecule has 1 unspecified atom stereocenters. The van der Waals surface area contributed by atoms with Crippen molar-refractivity contribution in [2.24, 2.45) is 0 Å². The molecule has 2 aromatic heterocycles. The van der Waals surface area contributed by atoms with Gasteiger partial charge in [-0.3, -0.25) is 19.4 Å². The molecule has 3 aromatic rings. The Hall–Kier alpha value is -4.26. The van der Waals surface area contributed by atoms with Crippen molar-refractivity contribution in [1.82, 2.24) is 25.3 Å². The third-order valence-electron chi connectivity index (χ3n) is 4.61. The second-order valence-corrected chi connectivity index (χ2v) is 7.53. The van der Waals surface area contributed by atoms with Crippen LogP contribution in [0.5, 0.6) is 0 Å². The van der Waals surface area contributed by atoms with Crippen molar-refractivity contribution in [3.63, 3.8) is 0 Å². The monoisotopic (exact) mass is 489 g/mol. The van der Waals surface area contributed by atoms with Gasteiger partial charge < -0.3 is 26.2 Å². The minimum absolute atomic E-state index is 0.0533. The number of H-pyrrole nitrogens is 1. The van der Waals surface area contributed by atoms with E-state index in [1.165, 1.54) is 18.3 Å². The van der Waals surface area contributed by atoms with Gasteiger partial charge in [0, 0.05) is 17.7 Å². The van der Waals surface area contributed by atoms with Gasteiger partial charge in [-0.1, -0.05) is 0 Å². The van der Waals surface area contributed by atoms with Gasteiger partial charge >= 0.3 is 11.9 Å². The van der Waals surface area contributed by atoms with Crippen molar-refractivity contribution in [2.45, 2.75) is 24.4 Å². The van der Waals surface area contributed by atoms with Crippen LogP contribution < -0.4 is 21.9 Å². The summed E-state index contributed by atoms with van der Waals surface area (Å²) in [6, 6.07) is 4.79. The fourth-order valence-corrected chi connectivity index (χ4v) is 3.15. The molecule has 0 bridgehead atoms. The normalized spacial score (nSPS) is 12.5. The molecule has 2 atom stereocenters. The number of anilines is 2. The molecular formula is C20H20ClN7O6. The van der Waals surface area contributed by atoms with Crippen molar-refractivity contribution >= 4 is 52.2 Å². The topological polar surface area (TPSA) is 202 Å². The van der Waals surface area contributed by atoms with Crippen molar-refractivity contribution in [3.05, 3.63) is 52.1 Å². The number of aromatic nitrogens is 4. The summed E-state index contributed by atoms with van der Waals surface area (Å²) in [4.78, 5) is 61.8. The van der Waals surface area contributed by atoms with E-state index in [0.717, 1.165) is 7.11 Å². The number of halogens is 1. The smallest absolute Gasteiger partial charge is 0.326 e. The number of nitrogens with zero attached hydrogens (tertiary/aromatic N) is 3. The van der Waals surface area contributed by atoms with Gasteiger partial charge in [-0.2, -0.15) is 4.98 Å². The number of rotatable bonds is 9. The fraction of sp³-hybridized carbons (Fsp3) is 0.250. The number of nitrogens with two attached hydrogens (primary N) is 1. The van der Waals surface area contributed by atoms with Gasteiger partial charge in [-0.25, -0.2) is 14.8 Å². The number of fused-ring (bicyclic) bond motifs is 1. The zero-order valence-electron chi connectivity index (χ0n) is 17.7. The number of carboxylic acid groups (broad SMARTS) is 1. The highest BCUT2D eigenvalue weighted by Gasteiger charge is 2.28. The summed E-state index contributed by atoms with van der Waals surface area (Å²) in [6.45, 7) is 0.226. The minimum atomic E-state index is -1.38. The number of hydrogen-bond acceptors (Lipinski definition) is 10. The maximum absolute atomic E-state index is 12.4. The van der Waals surface area contributed by atoms with Gasteiger partial charge in [0.2, 0.25) is 5.95 Å². The molecule has 6 N–H and O–H groups in total. The average Bonchev–Trinajstić information content (AvgIpc) is 2.81. The second kappa shape index (κ2) is 10.6. The average molecular weight is 490 g/mol. The van der Waals surface area contributed by atoms with Gasteiger partial charge in [0.1, 0.15) is 11.4 Å².